The quantitative estimate of drug-likeness (QED) is 0.802. The second kappa shape index (κ2) is 5.03. The van der Waals surface area contributed by atoms with Crippen molar-refractivity contribution in [2.45, 2.75) is 26.4 Å². The monoisotopic (exact) mass is 210 g/mol. The summed E-state index contributed by atoms with van der Waals surface area (Å²) in [4.78, 5) is 0. The fourth-order valence-corrected chi connectivity index (χ4v) is 1.43. The Labute approximate surface area is 90.3 Å². The molecule has 2 N–H and O–H groups in total. The van der Waals surface area contributed by atoms with Crippen molar-refractivity contribution in [3.63, 3.8) is 0 Å². The Balaban J connectivity index is 2.95. The standard InChI is InChI=1S/C12H18O3/c1-4-8(2)12(14)9-5-6-10(13)11(7-9)15-3/h5-8,12-14H,4H2,1-3H3. The largest absolute Gasteiger partial charge is 0.504 e. The van der Waals surface area contributed by atoms with Crippen molar-refractivity contribution < 1.29 is 14.9 Å². The Bertz CT molecular complexity index is 323. The number of phenolic OH excluding ortho intramolecular Hbond substituents is 1. The van der Waals surface area contributed by atoms with Crippen LogP contribution in [0.15, 0.2) is 18.2 Å². The number of aliphatic hydroxyl groups is 1. The average molecular weight is 210 g/mol. The Hall–Kier alpha value is -1.22. The fraction of sp³-hybridized carbons (Fsp3) is 0.500. The topological polar surface area (TPSA) is 49.7 Å². The maximum absolute atomic E-state index is 9.96. The molecule has 2 atom stereocenters. The molecule has 1 aromatic rings. The molecule has 15 heavy (non-hydrogen) atoms. The van der Waals surface area contributed by atoms with Gasteiger partial charge in [0.15, 0.2) is 11.5 Å². The molecule has 0 bridgehead atoms. The highest BCUT2D eigenvalue weighted by Crippen LogP contribution is 2.32. The summed E-state index contributed by atoms with van der Waals surface area (Å²) in [6.45, 7) is 4.02. The minimum absolute atomic E-state index is 0.0950. The lowest BCUT2D eigenvalue weighted by molar-refractivity contribution is 0.115. The van der Waals surface area contributed by atoms with Crippen LogP contribution in [0.3, 0.4) is 0 Å². The first-order chi connectivity index (χ1) is 7.10. The van der Waals surface area contributed by atoms with Gasteiger partial charge in [0.1, 0.15) is 0 Å². The van der Waals surface area contributed by atoms with Crippen molar-refractivity contribution in [3.05, 3.63) is 23.8 Å². The smallest absolute Gasteiger partial charge is 0.160 e. The van der Waals surface area contributed by atoms with E-state index >= 15 is 0 Å². The Morgan fingerprint density at radius 2 is 2.07 bits per heavy atom. The Morgan fingerprint density at radius 3 is 2.60 bits per heavy atom. The molecule has 0 fully saturated rings. The summed E-state index contributed by atoms with van der Waals surface area (Å²) in [7, 11) is 1.49. The van der Waals surface area contributed by atoms with E-state index in [2.05, 4.69) is 0 Å². The van der Waals surface area contributed by atoms with Crippen LogP contribution in [0.25, 0.3) is 0 Å². The lowest BCUT2D eigenvalue weighted by Gasteiger charge is -2.18. The van der Waals surface area contributed by atoms with Gasteiger partial charge in [-0.05, 0) is 23.6 Å². The van der Waals surface area contributed by atoms with E-state index in [1.807, 2.05) is 13.8 Å². The van der Waals surface area contributed by atoms with E-state index in [4.69, 9.17) is 4.74 Å². The third-order valence-corrected chi connectivity index (χ3v) is 2.73. The molecular formula is C12H18O3. The second-order valence-corrected chi connectivity index (χ2v) is 3.76. The van der Waals surface area contributed by atoms with Crippen molar-refractivity contribution in [3.8, 4) is 11.5 Å². The van der Waals surface area contributed by atoms with E-state index in [-0.39, 0.29) is 11.7 Å². The number of aromatic hydroxyl groups is 1. The normalized spacial score (nSPS) is 14.7. The van der Waals surface area contributed by atoms with Gasteiger partial charge in [-0.15, -0.1) is 0 Å². The summed E-state index contributed by atoms with van der Waals surface area (Å²) in [5.74, 6) is 0.687. The summed E-state index contributed by atoms with van der Waals surface area (Å²) >= 11 is 0. The zero-order valence-electron chi connectivity index (χ0n) is 9.40. The van der Waals surface area contributed by atoms with E-state index in [1.165, 1.54) is 7.11 Å². The molecule has 3 nitrogen and oxygen atoms in total. The molecule has 0 saturated carbocycles. The first-order valence-corrected chi connectivity index (χ1v) is 5.15. The first kappa shape index (κ1) is 11.9. The summed E-state index contributed by atoms with van der Waals surface area (Å²) in [5.41, 5.74) is 0.777. The summed E-state index contributed by atoms with van der Waals surface area (Å²) in [6, 6.07) is 4.93. The second-order valence-electron chi connectivity index (χ2n) is 3.76. The van der Waals surface area contributed by atoms with Crippen LogP contribution in [-0.4, -0.2) is 17.3 Å². The molecule has 0 aliphatic carbocycles. The molecule has 0 aliphatic rings. The lowest BCUT2D eigenvalue weighted by atomic mass is 9.95. The minimum Gasteiger partial charge on any atom is -0.504 e. The van der Waals surface area contributed by atoms with Gasteiger partial charge in [-0.1, -0.05) is 26.3 Å². The van der Waals surface area contributed by atoms with Crippen LogP contribution in [0.2, 0.25) is 0 Å². The fourth-order valence-electron chi connectivity index (χ4n) is 1.43. The van der Waals surface area contributed by atoms with Crippen LogP contribution in [0, 0.1) is 5.92 Å². The van der Waals surface area contributed by atoms with Crippen molar-refractivity contribution >= 4 is 0 Å². The number of phenols is 1. The number of ether oxygens (including phenoxy) is 1. The van der Waals surface area contributed by atoms with Gasteiger partial charge in [-0.2, -0.15) is 0 Å². The molecule has 2 unspecified atom stereocenters. The number of rotatable bonds is 4. The molecular weight excluding hydrogens is 192 g/mol. The van der Waals surface area contributed by atoms with Crippen LogP contribution < -0.4 is 4.74 Å². The van der Waals surface area contributed by atoms with Crippen LogP contribution >= 0.6 is 0 Å². The lowest BCUT2D eigenvalue weighted by Crippen LogP contribution is -2.08. The number of aliphatic hydroxyl groups excluding tert-OH is 1. The molecule has 3 heteroatoms. The van der Waals surface area contributed by atoms with Gasteiger partial charge in [0, 0.05) is 0 Å². The average Bonchev–Trinajstić information content (AvgIpc) is 2.27. The molecule has 1 aromatic carbocycles. The van der Waals surface area contributed by atoms with E-state index in [0.29, 0.717) is 5.75 Å². The molecule has 0 heterocycles. The van der Waals surface area contributed by atoms with Gasteiger partial charge in [0.2, 0.25) is 0 Å². The highest BCUT2D eigenvalue weighted by atomic mass is 16.5. The van der Waals surface area contributed by atoms with Gasteiger partial charge in [-0.25, -0.2) is 0 Å². The minimum atomic E-state index is -0.510. The molecule has 84 valence electrons. The predicted octanol–water partition coefficient (Wildman–Crippen LogP) is 2.48. The number of methoxy groups -OCH3 is 1. The van der Waals surface area contributed by atoms with Gasteiger partial charge < -0.3 is 14.9 Å². The van der Waals surface area contributed by atoms with Crippen LogP contribution in [-0.2, 0) is 0 Å². The van der Waals surface area contributed by atoms with Gasteiger partial charge in [0.25, 0.3) is 0 Å². The van der Waals surface area contributed by atoms with Crippen molar-refractivity contribution in [2.75, 3.05) is 7.11 Å². The van der Waals surface area contributed by atoms with Gasteiger partial charge in [0.05, 0.1) is 13.2 Å². The molecule has 0 spiro atoms. The maximum Gasteiger partial charge on any atom is 0.160 e. The number of benzene rings is 1. The zero-order valence-corrected chi connectivity index (χ0v) is 9.40. The SMILES string of the molecule is CCC(C)C(O)c1ccc(O)c(OC)c1. The summed E-state index contributed by atoms with van der Waals surface area (Å²) < 4.78 is 4.99. The highest BCUT2D eigenvalue weighted by molar-refractivity contribution is 5.42. The molecule has 0 saturated heterocycles. The molecule has 1 rings (SSSR count). The Kier molecular flexibility index (Phi) is 3.97. The number of hydrogen-bond donors (Lipinski definition) is 2. The van der Waals surface area contributed by atoms with E-state index in [9.17, 15) is 10.2 Å². The van der Waals surface area contributed by atoms with Crippen LogP contribution in [0.1, 0.15) is 31.9 Å². The van der Waals surface area contributed by atoms with Crippen LogP contribution in [0.4, 0.5) is 0 Å². The van der Waals surface area contributed by atoms with E-state index in [0.717, 1.165) is 12.0 Å². The van der Waals surface area contributed by atoms with Gasteiger partial charge >= 0.3 is 0 Å². The van der Waals surface area contributed by atoms with Gasteiger partial charge in [-0.3, -0.25) is 0 Å². The van der Waals surface area contributed by atoms with E-state index in [1.54, 1.807) is 18.2 Å². The van der Waals surface area contributed by atoms with E-state index < -0.39 is 6.10 Å². The van der Waals surface area contributed by atoms with Crippen LogP contribution in [0.5, 0.6) is 11.5 Å². The third kappa shape index (κ3) is 2.63. The van der Waals surface area contributed by atoms with Crippen molar-refractivity contribution in [1.29, 1.82) is 0 Å². The first-order valence-electron chi connectivity index (χ1n) is 5.15. The molecule has 0 aromatic heterocycles. The van der Waals surface area contributed by atoms with Crippen molar-refractivity contribution in [2.24, 2.45) is 5.92 Å². The molecule has 0 radical (unpaired) electrons. The summed E-state index contributed by atoms with van der Waals surface area (Å²) in [6.07, 6.45) is 0.397. The molecule has 0 amide bonds. The van der Waals surface area contributed by atoms with Crippen molar-refractivity contribution in [1.82, 2.24) is 0 Å². The highest BCUT2D eigenvalue weighted by Gasteiger charge is 2.16. The Morgan fingerprint density at radius 1 is 1.40 bits per heavy atom. The summed E-state index contributed by atoms with van der Waals surface area (Å²) in [5, 5.41) is 19.4. The maximum atomic E-state index is 9.96. The predicted molar refractivity (Wildman–Crippen MR) is 59.1 cm³/mol. The third-order valence-electron chi connectivity index (χ3n) is 2.73. The molecule has 0 aliphatic heterocycles. The number of hydrogen-bond acceptors (Lipinski definition) is 3. The zero-order chi connectivity index (χ0) is 11.4.